The molecule has 1 aliphatic rings. The predicted molar refractivity (Wildman–Crippen MR) is 111 cm³/mol. The molecule has 3 heterocycles. The SMILES string of the molecule is O=C(c1nc(-c2cccs2)n(-c2ccccc2)n1)N1CCCc2ccccc21. The fraction of sp³-hybridized carbons (Fsp3) is 0.136. The van der Waals surface area contributed by atoms with Crippen molar-refractivity contribution < 1.29 is 4.79 Å². The second kappa shape index (κ2) is 7.05. The Morgan fingerprint density at radius 2 is 1.79 bits per heavy atom. The minimum Gasteiger partial charge on any atom is -0.305 e. The van der Waals surface area contributed by atoms with Crippen molar-refractivity contribution in [3.8, 4) is 16.4 Å². The highest BCUT2D eigenvalue weighted by atomic mass is 32.1. The first kappa shape index (κ1) is 16.9. The molecule has 0 radical (unpaired) electrons. The molecule has 138 valence electrons. The summed E-state index contributed by atoms with van der Waals surface area (Å²) in [4.78, 5) is 20.8. The van der Waals surface area contributed by atoms with Gasteiger partial charge >= 0.3 is 0 Å². The number of thiophene rings is 1. The number of carbonyl (C=O) groups excluding carboxylic acids is 1. The van der Waals surface area contributed by atoms with Crippen LogP contribution < -0.4 is 4.90 Å². The molecule has 0 N–H and O–H groups in total. The van der Waals surface area contributed by atoms with Crippen LogP contribution in [-0.2, 0) is 6.42 Å². The summed E-state index contributed by atoms with van der Waals surface area (Å²) < 4.78 is 1.76. The molecule has 0 bridgehead atoms. The summed E-state index contributed by atoms with van der Waals surface area (Å²) in [5.74, 6) is 0.762. The molecule has 0 unspecified atom stereocenters. The second-order valence-electron chi connectivity index (χ2n) is 6.67. The number of nitrogens with zero attached hydrogens (tertiary/aromatic N) is 4. The Morgan fingerprint density at radius 3 is 2.61 bits per heavy atom. The number of para-hydroxylation sites is 2. The van der Waals surface area contributed by atoms with Crippen molar-refractivity contribution in [2.45, 2.75) is 12.8 Å². The van der Waals surface area contributed by atoms with Gasteiger partial charge in [-0.3, -0.25) is 4.79 Å². The maximum absolute atomic E-state index is 13.3. The smallest absolute Gasteiger partial charge is 0.297 e. The maximum Gasteiger partial charge on any atom is 0.297 e. The summed E-state index contributed by atoms with van der Waals surface area (Å²) >= 11 is 1.59. The normalized spacial score (nSPS) is 13.4. The molecule has 6 heteroatoms. The van der Waals surface area contributed by atoms with Crippen molar-refractivity contribution in [1.29, 1.82) is 0 Å². The quantitative estimate of drug-likeness (QED) is 0.517. The molecule has 4 aromatic rings. The molecule has 0 saturated carbocycles. The molecular formula is C22H18N4OS. The molecule has 1 amide bonds. The fourth-order valence-corrected chi connectivity index (χ4v) is 4.28. The fourth-order valence-electron chi connectivity index (χ4n) is 3.58. The van der Waals surface area contributed by atoms with Crippen molar-refractivity contribution in [2.24, 2.45) is 0 Å². The van der Waals surface area contributed by atoms with Gasteiger partial charge in [0.15, 0.2) is 5.82 Å². The van der Waals surface area contributed by atoms with Crippen molar-refractivity contribution in [3.63, 3.8) is 0 Å². The van der Waals surface area contributed by atoms with Gasteiger partial charge in [0.1, 0.15) is 0 Å². The van der Waals surface area contributed by atoms with Crippen LogP contribution in [0.1, 0.15) is 22.6 Å². The summed E-state index contributed by atoms with van der Waals surface area (Å²) in [6.45, 7) is 0.685. The van der Waals surface area contributed by atoms with E-state index in [0.717, 1.165) is 29.1 Å². The van der Waals surface area contributed by atoms with E-state index in [0.29, 0.717) is 12.4 Å². The van der Waals surface area contributed by atoms with Gasteiger partial charge in [-0.25, -0.2) is 9.67 Å². The number of carbonyl (C=O) groups is 1. The Labute approximate surface area is 166 Å². The number of hydrogen-bond acceptors (Lipinski definition) is 4. The lowest BCUT2D eigenvalue weighted by Crippen LogP contribution is -2.36. The zero-order valence-corrected chi connectivity index (χ0v) is 16.0. The van der Waals surface area contributed by atoms with Crippen LogP contribution in [0.25, 0.3) is 16.4 Å². The van der Waals surface area contributed by atoms with E-state index in [1.807, 2.05) is 70.9 Å². The number of fused-ring (bicyclic) bond motifs is 1. The lowest BCUT2D eigenvalue weighted by atomic mass is 10.0. The highest BCUT2D eigenvalue weighted by Crippen LogP contribution is 2.29. The second-order valence-corrected chi connectivity index (χ2v) is 7.62. The molecule has 0 saturated heterocycles. The molecule has 1 aliphatic heterocycles. The molecule has 2 aromatic heterocycles. The first-order chi connectivity index (χ1) is 13.8. The number of hydrogen-bond donors (Lipinski definition) is 0. The summed E-state index contributed by atoms with van der Waals surface area (Å²) in [5.41, 5.74) is 3.05. The van der Waals surface area contributed by atoms with Crippen LogP contribution in [0.5, 0.6) is 0 Å². The first-order valence-electron chi connectivity index (χ1n) is 9.27. The maximum atomic E-state index is 13.3. The van der Waals surface area contributed by atoms with Gasteiger partial charge in [-0.1, -0.05) is 42.5 Å². The van der Waals surface area contributed by atoms with E-state index < -0.39 is 0 Å². The van der Waals surface area contributed by atoms with Crippen LogP contribution in [0.15, 0.2) is 72.1 Å². The van der Waals surface area contributed by atoms with E-state index in [-0.39, 0.29) is 11.7 Å². The van der Waals surface area contributed by atoms with Gasteiger partial charge < -0.3 is 4.90 Å². The van der Waals surface area contributed by atoms with Gasteiger partial charge in [0.2, 0.25) is 5.82 Å². The number of rotatable bonds is 3. The Bertz CT molecular complexity index is 1120. The highest BCUT2D eigenvalue weighted by Gasteiger charge is 2.27. The number of aryl methyl sites for hydroxylation is 1. The highest BCUT2D eigenvalue weighted by molar-refractivity contribution is 7.13. The van der Waals surface area contributed by atoms with E-state index in [2.05, 4.69) is 16.1 Å². The lowest BCUT2D eigenvalue weighted by Gasteiger charge is -2.28. The van der Waals surface area contributed by atoms with Crippen LogP contribution >= 0.6 is 11.3 Å². The summed E-state index contributed by atoms with van der Waals surface area (Å²) in [6, 6.07) is 21.9. The third kappa shape index (κ3) is 2.92. The van der Waals surface area contributed by atoms with Crippen LogP contribution in [0, 0.1) is 0 Å². The van der Waals surface area contributed by atoms with Crippen molar-refractivity contribution >= 4 is 22.9 Å². The zero-order valence-electron chi connectivity index (χ0n) is 15.2. The van der Waals surface area contributed by atoms with E-state index in [1.54, 1.807) is 16.0 Å². The van der Waals surface area contributed by atoms with Crippen LogP contribution in [-0.4, -0.2) is 27.2 Å². The van der Waals surface area contributed by atoms with Gasteiger partial charge in [-0.05, 0) is 48.1 Å². The van der Waals surface area contributed by atoms with E-state index in [4.69, 9.17) is 0 Å². The average molecular weight is 386 g/mol. The summed E-state index contributed by atoms with van der Waals surface area (Å²) in [5, 5.41) is 6.61. The number of aromatic nitrogens is 3. The molecule has 5 rings (SSSR count). The molecule has 0 atom stereocenters. The molecule has 28 heavy (non-hydrogen) atoms. The Balaban J connectivity index is 1.59. The Kier molecular flexibility index (Phi) is 4.25. The van der Waals surface area contributed by atoms with Gasteiger partial charge in [0.05, 0.1) is 10.6 Å². The lowest BCUT2D eigenvalue weighted by molar-refractivity contribution is 0.0975. The molecular weight excluding hydrogens is 368 g/mol. The topological polar surface area (TPSA) is 51.0 Å². The Morgan fingerprint density at radius 1 is 0.964 bits per heavy atom. The number of anilines is 1. The molecule has 0 aliphatic carbocycles. The van der Waals surface area contributed by atoms with Gasteiger partial charge in [0.25, 0.3) is 5.91 Å². The van der Waals surface area contributed by atoms with Gasteiger partial charge in [-0.2, -0.15) is 0 Å². The third-order valence-corrected chi connectivity index (χ3v) is 5.76. The molecule has 0 spiro atoms. The average Bonchev–Trinajstić information content (AvgIpc) is 3.43. The molecule has 5 nitrogen and oxygen atoms in total. The van der Waals surface area contributed by atoms with Crippen molar-refractivity contribution in [2.75, 3.05) is 11.4 Å². The third-order valence-electron chi connectivity index (χ3n) is 4.90. The van der Waals surface area contributed by atoms with Crippen LogP contribution in [0.3, 0.4) is 0 Å². The van der Waals surface area contributed by atoms with E-state index in [1.165, 1.54) is 5.56 Å². The van der Waals surface area contributed by atoms with Crippen LogP contribution in [0.4, 0.5) is 5.69 Å². The minimum absolute atomic E-state index is 0.153. The zero-order chi connectivity index (χ0) is 18.9. The van der Waals surface area contributed by atoms with Crippen LogP contribution in [0.2, 0.25) is 0 Å². The molecule has 2 aromatic carbocycles. The summed E-state index contributed by atoms with van der Waals surface area (Å²) in [6.07, 6.45) is 1.94. The van der Waals surface area contributed by atoms with E-state index in [9.17, 15) is 4.79 Å². The van der Waals surface area contributed by atoms with Crippen molar-refractivity contribution in [1.82, 2.24) is 14.8 Å². The number of benzene rings is 2. The van der Waals surface area contributed by atoms with Gasteiger partial charge in [-0.15, -0.1) is 16.4 Å². The predicted octanol–water partition coefficient (Wildman–Crippen LogP) is 4.59. The molecule has 0 fully saturated rings. The largest absolute Gasteiger partial charge is 0.305 e. The number of amides is 1. The van der Waals surface area contributed by atoms with E-state index >= 15 is 0 Å². The monoisotopic (exact) mass is 386 g/mol. The summed E-state index contributed by atoms with van der Waals surface area (Å²) in [7, 11) is 0. The van der Waals surface area contributed by atoms with Crippen molar-refractivity contribution in [3.05, 3.63) is 83.5 Å². The minimum atomic E-state index is -0.153. The Hall–Kier alpha value is -3.25. The van der Waals surface area contributed by atoms with Gasteiger partial charge in [0, 0.05) is 12.2 Å². The first-order valence-corrected chi connectivity index (χ1v) is 10.2. The standard InChI is InChI=1S/C22H18N4OS/c27-22(25-14-6-9-16-8-4-5-12-18(16)25)20-23-21(19-13-7-15-28-19)26(24-20)17-10-2-1-3-11-17/h1-5,7-8,10-13,15H,6,9,14H2.